The lowest BCUT2D eigenvalue weighted by molar-refractivity contribution is -0.119. The number of fused-ring (bicyclic) bond motifs is 1. The van der Waals surface area contributed by atoms with E-state index in [0.717, 1.165) is 29.9 Å². The van der Waals surface area contributed by atoms with E-state index < -0.39 is 0 Å². The lowest BCUT2D eigenvalue weighted by Gasteiger charge is -2.26. The van der Waals surface area contributed by atoms with Gasteiger partial charge < -0.3 is 14.4 Å². The average molecular weight is 361 g/mol. The van der Waals surface area contributed by atoms with Crippen LogP contribution in [0.15, 0.2) is 36.3 Å². The van der Waals surface area contributed by atoms with E-state index >= 15 is 0 Å². The summed E-state index contributed by atoms with van der Waals surface area (Å²) in [5.74, 6) is 0.0379. The standard InChI is InChI=1S/C18H23N3O3S/c1-3-20(4-2)9-10-21(17(22)15-13-23-11-12-24-15)18-19-14-7-5-6-8-16(14)25-18/h5-8,13H,3-4,9-12H2,1-2H3. The number of para-hydroxylation sites is 1. The highest BCUT2D eigenvalue weighted by Crippen LogP contribution is 2.29. The molecule has 1 aromatic heterocycles. The van der Waals surface area contributed by atoms with Crippen molar-refractivity contribution in [1.82, 2.24) is 9.88 Å². The Bertz CT molecular complexity index is 722. The molecule has 2 aromatic rings. The van der Waals surface area contributed by atoms with Crippen molar-refractivity contribution in [2.45, 2.75) is 13.8 Å². The number of carbonyl (C=O) groups excluding carboxylic acids is 1. The summed E-state index contributed by atoms with van der Waals surface area (Å²) in [6.45, 7) is 8.33. The summed E-state index contributed by atoms with van der Waals surface area (Å²) in [7, 11) is 0. The number of hydrogen-bond donors (Lipinski definition) is 0. The molecule has 0 radical (unpaired) electrons. The zero-order chi connectivity index (χ0) is 17.6. The van der Waals surface area contributed by atoms with Crippen LogP contribution in [0.5, 0.6) is 0 Å². The molecule has 0 unspecified atom stereocenters. The first-order valence-corrected chi connectivity index (χ1v) is 9.39. The molecule has 0 atom stereocenters. The summed E-state index contributed by atoms with van der Waals surface area (Å²) >= 11 is 1.52. The zero-order valence-electron chi connectivity index (χ0n) is 14.6. The SMILES string of the molecule is CCN(CC)CCN(C(=O)C1=COCCO1)c1nc2ccccc2s1. The minimum absolute atomic E-state index is 0.203. The van der Waals surface area contributed by atoms with Gasteiger partial charge >= 0.3 is 0 Å². The summed E-state index contributed by atoms with van der Waals surface area (Å²) < 4.78 is 11.8. The number of benzene rings is 1. The van der Waals surface area contributed by atoms with Gasteiger partial charge in [0.1, 0.15) is 19.5 Å². The number of thiazole rings is 1. The third-order valence-electron chi connectivity index (χ3n) is 4.15. The van der Waals surface area contributed by atoms with Gasteiger partial charge in [0.15, 0.2) is 5.13 Å². The fourth-order valence-corrected chi connectivity index (χ4v) is 3.64. The van der Waals surface area contributed by atoms with Gasteiger partial charge in [-0.3, -0.25) is 9.69 Å². The number of amides is 1. The highest BCUT2D eigenvalue weighted by Gasteiger charge is 2.26. The van der Waals surface area contributed by atoms with Crippen molar-refractivity contribution < 1.29 is 14.3 Å². The third kappa shape index (κ3) is 4.11. The molecule has 25 heavy (non-hydrogen) atoms. The van der Waals surface area contributed by atoms with Crippen LogP contribution in [0, 0.1) is 0 Å². The van der Waals surface area contributed by atoms with Crippen LogP contribution in [-0.4, -0.2) is 55.2 Å². The maximum absolute atomic E-state index is 13.0. The Morgan fingerprint density at radius 1 is 1.20 bits per heavy atom. The van der Waals surface area contributed by atoms with E-state index in [9.17, 15) is 4.79 Å². The van der Waals surface area contributed by atoms with Crippen LogP contribution in [0.25, 0.3) is 10.2 Å². The van der Waals surface area contributed by atoms with Gasteiger partial charge in [-0.1, -0.05) is 37.3 Å². The molecule has 0 fully saturated rings. The van der Waals surface area contributed by atoms with E-state index in [1.54, 1.807) is 4.90 Å². The van der Waals surface area contributed by atoms with Crippen molar-refractivity contribution in [3.05, 3.63) is 36.3 Å². The van der Waals surface area contributed by atoms with Gasteiger partial charge in [-0.25, -0.2) is 4.98 Å². The van der Waals surface area contributed by atoms with Gasteiger partial charge in [0, 0.05) is 13.1 Å². The Labute approximate surface area is 151 Å². The fourth-order valence-electron chi connectivity index (χ4n) is 2.65. The Hall–Kier alpha value is -2.12. The maximum atomic E-state index is 13.0. The number of hydrogen-bond acceptors (Lipinski definition) is 6. The molecule has 0 spiro atoms. The molecule has 1 amide bonds. The summed E-state index contributed by atoms with van der Waals surface area (Å²) in [6, 6.07) is 7.91. The van der Waals surface area contributed by atoms with Crippen LogP contribution in [0.2, 0.25) is 0 Å². The molecular formula is C18H23N3O3S. The molecule has 1 aromatic carbocycles. The summed E-state index contributed by atoms with van der Waals surface area (Å²) in [6.07, 6.45) is 1.41. The van der Waals surface area contributed by atoms with Crippen LogP contribution in [-0.2, 0) is 14.3 Å². The molecule has 0 saturated carbocycles. The Kier molecular flexibility index (Phi) is 5.88. The van der Waals surface area contributed by atoms with Crippen molar-refractivity contribution in [2.24, 2.45) is 0 Å². The molecule has 2 heterocycles. The molecule has 3 rings (SSSR count). The van der Waals surface area contributed by atoms with Gasteiger partial charge in [-0.05, 0) is 25.2 Å². The van der Waals surface area contributed by atoms with Gasteiger partial charge in [-0.15, -0.1) is 0 Å². The number of likely N-dealkylation sites (N-methyl/N-ethyl adjacent to an activating group) is 1. The molecule has 7 heteroatoms. The first kappa shape index (κ1) is 17.7. The molecule has 1 aliphatic rings. The smallest absolute Gasteiger partial charge is 0.298 e. The summed E-state index contributed by atoms with van der Waals surface area (Å²) in [5, 5.41) is 0.688. The van der Waals surface area contributed by atoms with Crippen LogP contribution in [0.4, 0.5) is 5.13 Å². The second kappa shape index (κ2) is 8.31. The summed E-state index contributed by atoms with van der Waals surface area (Å²) in [4.78, 5) is 21.6. The molecular weight excluding hydrogens is 338 g/mol. The molecule has 134 valence electrons. The minimum Gasteiger partial charge on any atom is -0.494 e. The Balaban J connectivity index is 1.87. The Morgan fingerprint density at radius 2 is 2.00 bits per heavy atom. The van der Waals surface area contributed by atoms with Gasteiger partial charge in [-0.2, -0.15) is 0 Å². The van der Waals surface area contributed by atoms with E-state index in [4.69, 9.17) is 9.47 Å². The largest absolute Gasteiger partial charge is 0.494 e. The van der Waals surface area contributed by atoms with Crippen LogP contribution in [0.1, 0.15) is 13.8 Å². The molecule has 1 aliphatic heterocycles. The lowest BCUT2D eigenvalue weighted by atomic mass is 10.3. The first-order valence-electron chi connectivity index (χ1n) is 8.57. The van der Waals surface area contributed by atoms with Crippen molar-refractivity contribution in [1.29, 1.82) is 0 Å². The number of nitrogens with zero attached hydrogens (tertiary/aromatic N) is 3. The van der Waals surface area contributed by atoms with E-state index in [-0.39, 0.29) is 11.7 Å². The number of carbonyl (C=O) groups is 1. The van der Waals surface area contributed by atoms with E-state index in [0.29, 0.717) is 24.9 Å². The highest BCUT2D eigenvalue weighted by molar-refractivity contribution is 7.22. The van der Waals surface area contributed by atoms with Gasteiger partial charge in [0.2, 0.25) is 5.76 Å². The van der Waals surface area contributed by atoms with Crippen molar-refractivity contribution >= 4 is 32.6 Å². The van der Waals surface area contributed by atoms with Crippen molar-refractivity contribution in [3.8, 4) is 0 Å². The third-order valence-corrected chi connectivity index (χ3v) is 5.21. The monoisotopic (exact) mass is 361 g/mol. The van der Waals surface area contributed by atoms with Crippen LogP contribution in [0.3, 0.4) is 0 Å². The highest BCUT2D eigenvalue weighted by atomic mass is 32.1. The molecule has 0 N–H and O–H groups in total. The minimum atomic E-state index is -0.203. The molecule has 0 bridgehead atoms. The van der Waals surface area contributed by atoms with E-state index in [1.165, 1.54) is 17.6 Å². The predicted molar refractivity (Wildman–Crippen MR) is 99.7 cm³/mol. The van der Waals surface area contributed by atoms with Crippen LogP contribution >= 0.6 is 11.3 Å². The number of rotatable bonds is 7. The maximum Gasteiger partial charge on any atom is 0.298 e. The van der Waals surface area contributed by atoms with Gasteiger partial charge in [0.25, 0.3) is 5.91 Å². The fraction of sp³-hybridized carbons (Fsp3) is 0.444. The normalized spacial score (nSPS) is 14.1. The van der Waals surface area contributed by atoms with E-state index in [2.05, 4.69) is 23.7 Å². The number of aromatic nitrogens is 1. The average Bonchev–Trinajstić information content (AvgIpc) is 3.09. The van der Waals surface area contributed by atoms with E-state index in [1.807, 2.05) is 24.3 Å². The first-order chi connectivity index (χ1) is 12.2. The van der Waals surface area contributed by atoms with Crippen molar-refractivity contribution in [3.63, 3.8) is 0 Å². The van der Waals surface area contributed by atoms with Gasteiger partial charge in [0.05, 0.1) is 10.2 Å². The molecule has 0 aliphatic carbocycles. The molecule has 0 saturated heterocycles. The number of anilines is 1. The quantitative estimate of drug-likeness (QED) is 0.759. The van der Waals surface area contributed by atoms with Crippen molar-refractivity contribution in [2.75, 3.05) is 44.3 Å². The summed E-state index contributed by atoms with van der Waals surface area (Å²) in [5.41, 5.74) is 0.901. The topological polar surface area (TPSA) is 54.9 Å². The zero-order valence-corrected chi connectivity index (χ0v) is 15.4. The molecule has 6 nitrogen and oxygen atoms in total. The predicted octanol–water partition coefficient (Wildman–Crippen LogP) is 2.86. The second-order valence-corrected chi connectivity index (χ2v) is 6.66. The number of ether oxygens (including phenoxy) is 2. The van der Waals surface area contributed by atoms with Crippen LogP contribution < -0.4 is 4.90 Å². The second-order valence-electron chi connectivity index (χ2n) is 5.65. The Morgan fingerprint density at radius 3 is 2.68 bits per heavy atom. The lowest BCUT2D eigenvalue weighted by Crippen LogP contribution is -2.40.